The van der Waals surface area contributed by atoms with Crippen LogP contribution < -0.4 is 16.2 Å². The lowest BCUT2D eigenvalue weighted by Gasteiger charge is -2.09. The predicted molar refractivity (Wildman–Crippen MR) is 58.4 cm³/mol. The van der Waals surface area contributed by atoms with Crippen LogP contribution in [0.15, 0.2) is 24.3 Å². The summed E-state index contributed by atoms with van der Waals surface area (Å²) in [5, 5.41) is 0. The maximum Gasteiger partial charge on any atom is 0.220 e. The number of rotatable bonds is 5. The molecular formula is C11H16N2O2. The van der Waals surface area contributed by atoms with Crippen LogP contribution >= 0.6 is 0 Å². The minimum absolute atomic E-state index is 0.0234. The van der Waals surface area contributed by atoms with Crippen molar-refractivity contribution in [1.29, 1.82) is 0 Å². The third-order valence-electron chi connectivity index (χ3n) is 2.00. The van der Waals surface area contributed by atoms with Gasteiger partial charge in [-0.25, -0.2) is 0 Å². The van der Waals surface area contributed by atoms with Crippen molar-refractivity contribution >= 4 is 5.91 Å². The molecule has 82 valence electrons. The number of nitrogens with two attached hydrogens (primary N) is 2. The largest absolute Gasteiger partial charge is 0.493 e. The van der Waals surface area contributed by atoms with E-state index in [0.29, 0.717) is 12.4 Å². The molecule has 0 saturated heterocycles. The Morgan fingerprint density at radius 1 is 1.53 bits per heavy atom. The Bertz CT molecular complexity index is 337. The number of ether oxygens (including phenoxy) is 1. The first kappa shape index (κ1) is 11.5. The van der Waals surface area contributed by atoms with Gasteiger partial charge in [0.15, 0.2) is 0 Å². The molecule has 0 saturated carbocycles. The molecule has 0 aromatic heterocycles. The lowest BCUT2D eigenvalue weighted by Crippen LogP contribution is -2.14. The summed E-state index contributed by atoms with van der Waals surface area (Å²) in [5.41, 5.74) is 11.7. The van der Waals surface area contributed by atoms with Gasteiger partial charge in [0.2, 0.25) is 5.91 Å². The molecule has 4 heteroatoms. The Labute approximate surface area is 89.2 Å². The molecule has 1 rings (SSSR count). The van der Waals surface area contributed by atoms with Gasteiger partial charge in [-0.05, 0) is 24.6 Å². The molecule has 0 heterocycles. The molecule has 0 aliphatic rings. The van der Waals surface area contributed by atoms with Crippen molar-refractivity contribution in [3.05, 3.63) is 29.8 Å². The number of amides is 1. The highest BCUT2D eigenvalue weighted by molar-refractivity contribution is 5.73. The van der Waals surface area contributed by atoms with E-state index in [1.165, 1.54) is 0 Å². The molecule has 4 N–H and O–H groups in total. The molecule has 4 nitrogen and oxygen atoms in total. The smallest absolute Gasteiger partial charge is 0.220 e. The molecule has 1 unspecified atom stereocenters. The van der Waals surface area contributed by atoms with Gasteiger partial charge in [0.1, 0.15) is 5.75 Å². The van der Waals surface area contributed by atoms with Crippen LogP contribution in [-0.2, 0) is 4.79 Å². The average Bonchev–Trinajstić information content (AvgIpc) is 2.17. The molecule has 0 aliphatic carbocycles. The minimum Gasteiger partial charge on any atom is -0.493 e. The fraction of sp³-hybridized carbons (Fsp3) is 0.364. The van der Waals surface area contributed by atoms with Crippen molar-refractivity contribution < 1.29 is 9.53 Å². The van der Waals surface area contributed by atoms with E-state index in [0.717, 1.165) is 5.56 Å². The highest BCUT2D eigenvalue weighted by Crippen LogP contribution is 2.17. The molecule has 15 heavy (non-hydrogen) atoms. The van der Waals surface area contributed by atoms with Gasteiger partial charge < -0.3 is 16.2 Å². The Morgan fingerprint density at radius 2 is 2.27 bits per heavy atom. The Morgan fingerprint density at radius 3 is 2.87 bits per heavy atom. The molecule has 1 aromatic carbocycles. The van der Waals surface area contributed by atoms with Gasteiger partial charge in [-0.1, -0.05) is 12.1 Å². The first-order chi connectivity index (χ1) is 7.09. The van der Waals surface area contributed by atoms with E-state index < -0.39 is 0 Å². The van der Waals surface area contributed by atoms with Crippen LogP contribution in [0.25, 0.3) is 0 Å². The van der Waals surface area contributed by atoms with Gasteiger partial charge >= 0.3 is 0 Å². The number of carbonyl (C=O) groups is 1. The zero-order valence-corrected chi connectivity index (χ0v) is 8.77. The van der Waals surface area contributed by atoms with Crippen molar-refractivity contribution in [2.24, 2.45) is 11.5 Å². The second kappa shape index (κ2) is 5.36. The summed E-state index contributed by atoms with van der Waals surface area (Å²) in [7, 11) is 0. The third kappa shape index (κ3) is 3.99. The van der Waals surface area contributed by atoms with Gasteiger partial charge in [-0.3, -0.25) is 4.79 Å². The lowest BCUT2D eigenvalue weighted by molar-refractivity contribution is -0.118. The first-order valence-electron chi connectivity index (χ1n) is 4.86. The topological polar surface area (TPSA) is 78.3 Å². The predicted octanol–water partition coefficient (Wildman–Crippen LogP) is 0.961. The minimum atomic E-state index is -0.363. The van der Waals surface area contributed by atoms with Crippen LogP contribution in [0, 0.1) is 0 Å². The number of primary amides is 1. The van der Waals surface area contributed by atoms with E-state index in [1.807, 2.05) is 31.2 Å². The maximum atomic E-state index is 10.5. The highest BCUT2D eigenvalue weighted by Gasteiger charge is 2.01. The fourth-order valence-electron chi connectivity index (χ4n) is 1.16. The van der Waals surface area contributed by atoms with E-state index in [2.05, 4.69) is 0 Å². The fourth-order valence-corrected chi connectivity index (χ4v) is 1.16. The molecule has 0 aliphatic heterocycles. The molecule has 0 radical (unpaired) electrons. The van der Waals surface area contributed by atoms with Crippen molar-refractivity contribution in [1.82, 2.24) is 0 Å². The zero-order valence-electron chi connectivity index (χ0n) is 8.77. The van der Waals surface area contributed by atoms with Gasteiger partial charge in [0.25, 0.3) is 0 Å². The molecular weight excluding hydrogens is 192 g/mol. The van der Waals surface area contributed by atoms with Crippen LogP contribution in [0.1, 0.15) is 24.9 Å². The van der Waals surface area contributed by atoms with E-state index in [-0.39, 0.29) is 18.4 Å². The monoisotopic (exact) mass is 208 g/mol. The summed E-state index contributed by atoms with van der Waals surface area (Å²) in [6.45, 7) is 2.21. The second-order valence-electron chi connectivity index (χ2n) is 3.43. The maximum absolute atomic E-state index is 10.5. The molecule has 0 fully saturated rings. The van der Waals surface area contributed by atoms with Crippen LogP contribution in [0.5, 0.6) is 5.75 Å². The molecule has 0 bridgehead atoms. The van der Waals surface area contributed by atoms with Gasteiger partial charge in [-0.15, -0.1) is 0 Å². The van der Waals surface area contributed by atoms with Crippen LogP contribution in [0.4, 0.5) is 0 Å². The standard InChI is InChI=1S/C11H16N2O2/c1-8(12)9-3-2-4-10(7-9)15-6-5-11(13)14/h2-4,7-8H,5-6,12H2,1H3,(H2,13,14). The van der Waals surface area contributed by atoms with E-state index in [1.54, 1.807) is 0 Å². The summed E-state index contributed by atoms with van der Waals surface area (Å²) in [4.78, 5) is 10.5. The number of benzene rings is 1. The number of hydrogen-bond acceptors (Lipinski definition) is 3. The zero-order chi connectivity index (χ0) is 11.3. The van der Waals surface area contributed by atoms with Crippen molar-refractivity contribution in [3.63, 3.8) is 0 Å². The average molecular weight is 208 g/mol. The SMILES string of the molecule is CC(N)c1cccc(OCCC(N)=O)c1. The van der Waals surface area contributed by atoms with Gasteiger partial charge in [0, 0.05) is 6.04 Å². The third-order valence-corrected chi connectivity index (χ3v) is 2.00. The van der Waals surface area contributed by atoms with E-state index >= 15 is 0 Å². The second-order valence-corrected chi connectivity index (χ2v) is 3.43. The molecule has 1 atom stereocenters. The van der Waals surface area contributed by atoms with Gasteiger partial charge in [-0.2, -0.15) is 0 Å². The van der Waals surface area contributed by atoms with Crippen LogP contribution in [-0.4, -0.2) is 12.5 Å². The molecule has 1 aromatic rings. The first-order valence-corrected chi connectivity index (χ1v) is 4.86. The molecule has 0 spiro atoms. The van der Waals surface area contributed by atoms with E-state index in [9.17, 15) is 4.79 Å². The Kier molecular flexibility index (Phi) is 4.12. The Balaban J connectivity index is 2.54. The Hall–Kier alpha value is -1.55. The normalized spacial score (nSPS) is 12.1. The van der Waals surface area contributed by atoms with Gasteiger partial charge in [0.05, 0.1) is 13.0 Å². The number of carbonyl (C=O) groups excluding carboxylic acids is 1. The van der Waals surface area contributed by atoms with Crippen LogP contribution in [0.3, 0.4) is 0 Å². The van der Waals surface area contributed by atoms with Crippen molar-refractivity contribution in [2.45, 2.75) is 19.4 Å². The van der Waals surface area contributed by atoms with Crippen molar-refractivity contribution in [3.8, 4) is 5.75 Å². The number of hydrogen-bond donors (Lipinski definition) is 2. The summed E-state index contributed by atoms with van der Waals surface area (Å²) in [5.74, 6) is 0.351. The van der Waals surface area contributed by atoms with E-state index in [4.69, 9.17) is 16.2 Å². The lowest BCUT2D eigenvalue weighted by atomic mass is 10.1. The summed E-state index contributed by atoms with van der Waals surface area (Å²) < 4.78 is 5.35. The summed E-state index contributed by atoms with van der Waals surface area (Å²) in [6.07, 6.45) is 0.225. The highest BCUT2D eigenvalue weighted by atomic mass is 16.5. The van der Waals surface area contributed by atoms with Crippen LogP contribution in [0.2, 0.25) is 0 Å². The molecule has 1 amide bonds. The summed E-state index contributed by atoms with van der Waals surface area (Å²) >= 11 is 0. The summed E-state index contributed by atoms with van der Waals surface area (Å²) in [6, 6.07) is 7.48. The van der Waals surface area contributed by atoms with Crippen molar-refractivity contribution in [2.75, 3.05) is 6.61 Å². The quantitative estimate of drug-likeness (QED) is 0.756.